The van der Waals surface area contributed by atoms with Gasteiger partial charge in [-0.25, -0.2) is 4.79 Å². The summed E-state index contributed by atoms with van der Waals surface area (Å²) in [6.07, 6.45) is 0. The van der Waals surface area contributed by atoms with Crippen molar-refractivity contribution in [2.75, 3.05) is 5.32 Å². The number of carboxylic acids is 1. The molecule has 0 radical (unpaired) electrons. The Bertz CT molecular complexity index is 926. The Morgan fingerprint density at radius 1 is 1.30 bits per heavy atom. The van der Waals surface area contributed by atoms with E-state index in [1.54, 1.807) is 0 Å². The van der Waals surface area contributed by atoms with Gasteiger partial charge in [0.2, 0.25) is 0 Å². The number of carboxylic acid groups (broad SMARTS) is 1. The van der Waals surface area contributed by atoms with Crippen molar-refractivity contribution in [3.05, 3.63) is 36.0 Å². The Kier molecular flexibility index (Phi) is 3.82. The smallest absolute Gasteiger partial charge is 0.327 e. The first-order valence-corrected chi connectivity index (χ1v) is 9.58. The third kappa shape index (κ3) is 2.46. The van der Waals surface area contributed by atoms with Crippen LogP contribution in [-0.4, -0.2) is 48.7 Å². The molecule has 27 heavy (non-hydrogen) atoms. The predicted molar refractivity (Wildman–Crippen MR) is 102 cm³/mol. The van der Waals surface area contributed by atoms with E-state index < -0.39 is 22.3 Å². The summed E-state index contributed by atoms with van der Waals surface area (Å²) in [5.74, 6) is -0.633. The van der Waals surface area contributed by atoms with E-state index in [0.717, 1.165) is 5.56 Å². The van der Waals surface area contributed by atoms with E-state index >= 15 is 0 Å². The normalized spacial score (nSPS) is 28.6. The lowest BCUT2D eigenvalue weighted by Crippen LogP contribution is -2.75. The molecule has 7 nitrogen and oxygen atoms in total. The van der Waals surface area contributed by atoms with Gasteiger partial charge < -0.3 is 19.8 Å². The quantitative estimate of drug-likeness (QED) is 0.779. The van der Waals surface area contributed by atoms with Gasteiger partial charge in [-0.2, -0.15) is 0 Å². The molecule has 1 aromatic carbocycles. The summed E-state index contributed by atoms with van der Waals surface area (Å²) in [7, 11) is 0. The molecule has 2 aromatic rings. The van der Waals surface area contributed by atoms with Gasteiger partial charge in [0, 0.05) is 10.3 Å². The van der Waals surface area contributed by atoms with Gasteiger partial charge in [-0.05, 0) is 27.7 Å². The number of hydrogen-bond acceptors (Lipinski definition) is 6. The fourth-order valence-electron chi connectivity index (χ4n) is 3.90. The molecular formula is C19H21N3O4S. The number of benzene rings is 1. The summed E-state index contributed by atoms with van der Waals surface area (Å²) in [6.45, 7) is 7.35. The molecule has 4 rings (SSSR count). The summed E-state index contributed by atoms with van der Waals surface area (Å²) in [5, 5.41) is 16.7. The summed E-state index contributed by atoms with van der Waals surface area (Å²) < 4.78 is 4.93. The Balaban J connectivity index is 1.68. The Morgan fingerprint density at radius 2 is 1.96 bits per heavy atom. The molecule has 1 amide bonds. The van der Waals surface area contributed by atoms with Crippen molar-refractivity contribution in [3.8, 4) is 11.3 Å². The number of carbonyl (C=O) groups excluding carboxylic acids is 1. The second kappa shape index (κ2) is 5.76. The Morgan fingerprint density at radius 3 is 2.59 bits per heavy atom. The van der Waals surface area contributed by atoms with Crippen molar-refractivity contribution in [1.82, 2.24) is 10.1 Å². The maximum Gasteiger partial charge on any atom is 0.327 e. The van der Waals surface area contributed by atoms with E-state index in [9.17, 15) is 14.7 Å². The number of amides is 1. The van der Waals surface area contributed by atoms with Crippen molar-refractivity contribution < 1.29 is 19.2 Å². The second-order valence-corrected chi connectivity index (χ2v) is 9.43. The molecule has 0 aliphatic carbocycles. The van der Waals surface area contributed by atoms with E-state index in [0.29, 0.717) is 17.1 Å². The first-order valence-electron chi connectivity index (χ1n) is 8.70. The van der Waals surface area contributed by atoms with Crippen molar-refractivity contribution in [2.45, 2.75) is 49.4 Å². The predicted octanol–water partition coefficient (Wildman–Crippen LogP) is 2.97. The van der Waals surface area contributed by atoms with Gasteiger partial charge in [-0.1, -0.05) is 35.5 Å². The van der Waals surface area contributed by atoms with Crippen LogP contribution in [0.15, 0.2) is 34.9 Å². The molecule has 0 saturated carbocycles. The molecular weight excluding hydrogens is 366 g/mol. The molecule has 1 aromatic heterocycles. The number of anilines is 1. The molecule has 142 valence electrons. The maximum absolute atomic E-state index is 13.0. The third-order valence-electron chi connectivity index (χ3n) is 5.29. The average molecular weight is 387 g/mol. The van der Waals surface area contributed by atoms with Crippen LogP contribution in [0.3, 0.4) is 0 Å². The van der Waals surface area contributed by atoms with Gasteiger partial charge >= 0.3 is 5.97 Å². The van der Waals surface area contributed by atoms with Gasteiger partial charge in [-0.15, -0.1) is 11.8 Å². The lowest BCUT2D eigenvalue weighted by molar-refractivity contribution is -0.163. The molecule has 0 unspecified atom stereocenters. The molecule has 0 bridgehead atoms. The number of hydrogen-bond donors (Lipinski definition) is 2. The largest absolute Gasteiger partial charge is 0.480 e. The van der Waals surface area contributed by atoms with Crippen molar-refractivity contribution in [3.63, 3.8) is 0 Å². The number of carbonyl (C=O) groups is 2. The highest BCUT2D eigenvalue weighted by Crippen LogP contribution is 2.56. The van der Waals surface area contributed by atoms with Crippen LogP contribution >= 0.6 is 11.8 Å². The lowest BCUT2D eigenvalue weighted by atomic mass is 9.85. The molecule has 2 fully saturated rings. The Labute approximate surface area is 161 Å². The van der Waals surface area contributed by atoms with Crippen LogP contribution in [0.5, 0.6) is 0 Å². The number of rotatable bonds is 4. The van der Waals surface area contributed by atoms with Crippen LogP contribution in [0.25, 0.3) is 11.3 Å². The average Bonchev–Trinajstić information content (AvgIpc) is 3.11. The van der Waals surface area contributed by atoms with Crippen LogP contribution in [-0.2, 0) is 9.59 Å². The lowest BCUT2D eigenvalue weighted by Gasteiger charge is -2.51. The summed E-state index contributed by atoms with van der Waals surface area (Å²) in [6, 6.07) is 8.71. The van der Waals surface area contributed by atoms with Crippen molar-refractivity contribution in [1.29, 1.82) is 0 Å². The number of thioether (sulfide) groups is 1. The van der Waals surface area contributed by atoms with E-state index in [1.807, 2.05) is 58.0 Å². The second-order valence-electron chi connectivity index (χ2n) is 7.69. The Hall–Kier alpha value is -2.48. The van der Waals surface area contributed by atoms with Gasteiger partial charge in [0.15, 0.2) is 5.76 Å². The van der Waals surface area contributed by atoms with E-state index in [-0.39, 0.29) is 11.3 Å². The van der Waals surface area contributed by atoms with E-state index in [1.165, 1.54) is 16.7 Å². The highest BCUT2D eigenvalue weighted by molar-refractivity contribution is 8.01. The number of aryl methyl sites for hydroxylation is 1. The fraction of sp³-hybridized carbons (Fsp3) is 0.421. The number of nitrogens with one attached hydrogen (secondary N) is 1. The van der Waals surface area contributed by atoms with Crippen molar-refractivity contribution >= 4 is 29.3 Å². The van der Waals surface area contributed by atoms with Crippen LogP contribution in [0, 0.1) is 6.92 Å². The number of fused-ring (bicyclic) bond motifs is 1. The van der Waals surface area contributed by atoms with Gasteiger partial charge in [0.25, 0.3) is 5.91 Å². The highest BCUT2D eigenvalue weighted by Gasteiger charge is 2.69. The summed E-state index contributed by atoms with van der Waals surface area (Å²) in [5.41, 5.74) is 1.24. The zero-order valence-corrected chi connectivity index (χ0v) is 16.3. The van der Waals surface area contributed by atoms with Gasteiger partial charge in [0.05, 0.1) is 0 Å². The molecule has 2 aliphatic rings. The maximum atomic E-state index is 13.0. The number of aromatic nitrogens is 1. The molecule has 2 aliphatic heterocycles. The molecule has 3 heterocycles. The van der Waals surface area contributed by atoms with Gasteiger partial charge in [-0.3, -0.25) is 4.79 Å². The van der Waals surface area contributed by atoms with E-state index in [4.69, 9.17) is 4.52 Å². The van der Waals surface area contributed by atoms with Crippen LogP contribution < -0.4 is 5.32 Å². The monoisotopic (exact) mass is 387 g/mol. The number of aliphatic carboxylic acids is 1. The molecule has 8 heteroatoms. The molecule has 3 atom stereocenters. The molecule has 0 spiro atoms. The minimum atomic E-state index is -0.975. The van der Waals surface area contributed by atoms with Crippen LogP contribution in [0.1, 0.15) is 26.5 Å². The highest BCUT2D eigenvalue weighted by atomic mass is 32.2. The zero-order valence-electron chi connectivity index (χ0n) is 15.5. The molecule has 2 N–H and O–H groups in total. The first-order chi connectivity index (χ1) is 12.7. The minimum absolute atomic E-state index is 0.224. The fourth-order valence-corrected chi connectivity index (χ4v) is 5.55. The standard InChI is InChI=1S/C19H21N3O4S/c1-10-12(13(26-21-10)11-8-6-5-7-9-11)20-19(4)16(25)22-14(15(23)24)18(2,3)27-17(19)22/h5-9,14,17,20H,1-4H3,(H,23,24)/t14-,17+,19-/m0/s1. The first kappa shape index (κ1) is 17.9. The zero-order chi connectivity index (χ0) is 19.6. The third-order valence-corrected chi connectivity index (χ3v) is 7.05. The number of nitrogens with zero attached hydrogens (tertiary/aromatic N) is 2. The minimum Gasteiger partial charge on any atom is -0.480 e. The molecule has 2 saturated heterocycles. The topological polar surface area (TPSA) is 95.7 Å². The van der Waals surface area contributed by atoms with E-state index in [2.05, 4.69) is 10.5 Å². The summed E-state index contributed by atoms with van der Waals surface area (Å²) in [4.78, 5) is 26.2. The van der Waals surface area contributed by atoms with Crippen molar-refractivity contribution in [2.24, 2.45) is 0 Å². The van der Waals surface area contributed by atoms with Crippen LogP contribution in [0.4, 0.5) is 5.69 Å². The number of β-lactam (4-membered cyclic amide) rings is 1. The summed E-state index contributed by atoms with van der Waals surface area (Å²) >= 11 is 1.50. The van der Waals surface area contributed by atoms with Crippen LogP contribution in [0.2, 0.25) is 0 Å². The SMILES string of the molecule is Cc1noc(-c2ccccc2)c1N[C@@]1(C)C(=O)N2[C@@H](C(=O)O)C(C)(C)S[C@@H]21. The van der Waals surface area contributed by atoms with Gasteiger partial charge in [0.1, 0.15) is 28.3 Å².